The number of carbonyl (C=O) groups excluding carboxylic acids is 1. The number of thioether (sulfide) groups is 1. The highest BCUT2D eigenvalue weighted by molar-refractivity contribution is 8.13. The maximum atomic E-state index is 10.6. The number of hydrogen-bond donors (Lipinski definition) is 1. The zero-order valence-electron chi connectivity index (χ0n) is 8.23. The van der Waals surface area contributed by atoms with Crippen LogP contribution in [0.4, 0.5) is 5.82 Å². The number of anilines is 1. The zero-order valence-corrected chi connectivity index (χ0v) is 9.04. The average Bonchev–Trinajstić information content (AvgIpc) is 2.39. The van der Waals surface area contributed by atoms with Gasteiger partial charge in [-0.2, -0.15) is 5.10 Å². The molecule has 0 unspecified atom stereocenters. The molecule has 0 spiro atoms. The van der Waals surface area contributed by atoms with Gasteiger partial charge in [0.05, 0.1) is 0 Å². The molecule has 0 amide bonds. The Morgan fingerprint density at radius 3 is 3.00 bits per heavy atom. The lowest BCUT2D eigenvalue weighted by Gasteiger charge is -1.89. The lowest BCUT2D eigenvalue weighted by molar-refractivity contribution is -0.109. The van der Waals surface area contributed by atoms with Gasteiger partial charge in [0.25, 0.3) is 0 Å². The van der Waals surface area contributed by atoms with Crippen molar-refractivity contribution < 1.29 is 4.79 Å². The van der Waals surface area contributed by atoms with Crippen LogP contribution in [0.3, 0.4) is 0 Å². The minimum atomic E-state index is 0.119. The smallest absolute Gasteiger partial charge is 0.186 e. The summed E-state index contributed by atoms with van der Waals surface area (Å²) in [5.41, 5.74) is 6.51. The number of nitrogen functional groups attached to an aromatic ring is 1. The van der Waals surface area contributed by atoms with Crippen LogP contribution < -0.4 is 5.73 Å². The van der Waals surface area contributed by atoms with Crippen LogP contribution in [0.1, 0.15) is 12.5 Å². The molecule has 1 aromatic heterocycles. The third-order valence-electron chi connectivity index (χ3n) is 1.57. The Balaban J connectivity index is 2.51. The molecule has 0 bridgehead atoms. The van der Waals surface area contributed by atoms with Crippen molar-refractivity contribution >= 4 is 28.8 Å². The third-order valence-corrected chi connectivity index (χ3v) is 2.33. The van der Waals surface area contributed by atoms with Gasteiger partial charge in [-0.25, -0.2) is 0 Å². The standard InChI is InChI=1S/C9H13N3OS/c1-7(13)14-5-3-4-8-6-12(2)11-9(8)10/h3-4,6H,5H2,1-2H3,(H2,10,11). The van der Waals surface area contributed by atoms with E-state index in [1.165, 1.54) is 11.8 Å². The molecular weight excluding hydrogens is 198 g/mol. The molecule has 0 atom stereocenters. The van der Waals surface area contributed by atoms with Gasteiger partial charge in [0.1, 0.15) is 0 Å². The van der Waals surface area contributed by atoms with Crippen LogP contribution in [0.25, 0.3) is 6.08 Å². The van der Waals surface area contributed by atoms with E-state index in [4.69, 9.17) is 5.73 Å². The fraction of sp³-hybridized carbons (Fsp3) is 0.333. The van der Waals surface area contributed by atoms with Crippen LogP contribution >= 0.6 is 11.8 Å². The predicted molar refractivity (Wildman–Crippen MR) is 59.8 cm³/mol. The summed E-state index contributed by atoms with van der Waals surface area (Å²) in [7, 11) is 1.82. The summed E-state index contributed by atoms with van der Waals surface area (Å²) in [5.74, 6) is 1.18. The summed E-state index contributed by atoms with van der Waals surface area (Å²) >= 11 is 1.27. The first-order chi connectivity index (χ1) is 6.59. The summed E-state index contributed by atoms with van der Waals surface area (Å²) < 4.78 is 1.66. The molecule has 0 fully saturated rings. The maximum Gasteiger partial charge on any atom is 0.186 e. The number of aryl methyl sites for hydroxylation is 1. The van der Waals surface area contributed by atoms with Crippen LogP contribution in [0.15, 0.2) is 12.3 Å². The van der Waals surface area contributed by atoms with Gasteiger partial charge in [0.15, 0.2) is 10.9 Å². The van der Waals surface area contributed by atoms with Gasteiger partial charge in [0.2, 0.25) is 0 Å². The van der Waals surface area contributed by atoms with Gasteiger partial charge in [-0.15, -0.1) is 0 Å². The van der Waals surface area contributed by atoms with Crippen molar-refractivity contribution in [2.75, 3.05) is 11.5 Å². The first-order valence-electron chi connectivity index (χ1n) is 4.18. The van der Waals surface area contributed by atoms with Crippen LogP contribution in [-0.4, -0.2) is 20.6 Å². The van der Waals surface area contributed by atoms with E-state index in [0.29, 0.717) is 11.6 Å². The number of carbonyl (C=O) groups is 1. The molecule has 0 radical (unpaired) electrons. The fourth-order valence-electron chi connectivity index (χ4n) is 0.993. The van der Waals surface area contributed by atoms with Crippen molar-refractivity contribution in [3.63, 3.8) is 0 Å². The molecule has 1 heterocycles. The molecule has 4 nitrogen and oxygen atoms in total. The van der Waals surface area contributed by atoms with E-state index in [9.17, 15) is 4.79 Å². The van der Waals surface area contributed by atoms with Gasteiger partial charge in [-0.05, 0) is 0 Å². The van der Waals surface area contributed by atoms with Crippen LogP contribution in [0.5, 0.6) is 0 Å². The summed E-state index contributed by atoms with van der Waals surface area (Å²) in [5, 5.41) is 4.11. The second-order valence-corrected chi connectivity index (χ2v) is 4.05. The Labute approximate surface area is 87.2 Å². The van der Waals surface area contributed by atoms with Gasteiger partial charge < -0.3 is 5.73 Å². The molecule has 0 aliphatic rings. The molecule has 5 heteroatoms. The highest BCUT2D eigenvalue weighted by Crippen LogP contribution is 2.11. The summed E-state index contributed by atoms with van der Waals surface area (Å²) in [6.07, 6.45) is 5.61. The van der Waals surface area contributed by atoms with Crippen LogP contribution in [0, 0.1) is 0 Å². The maximum absolute atomic E-state index is 10.6. The molecule has 1 rings (SSSR count). The molecule has 1 aromatic rings. The van der Waals surface area contributed by atoms with Gasteiger partial charge in [0, 0.05) is 31.5 Å². The molecular formula is C9H13N3OS. The van der Waals surface area contributed by atoms with Crippen molar-refractivity contribution in [1.29, 1.82) is 0 Å². The van der Waals surface area contributed by atoms with E-state index in [0.717, 1.165) is 5.56 Å². The van der Waals surface area contributed by atoms with E-state index in [1.807, 2.05) is 25.4 Å². The van der Waals surface area contributed by atoms with Gasteiger partial charge >= 0.3 is 0 Å². The number of rotatable bonds is 3. The highest BCUT2D eigenvalue weighted by atomic mass is 32.2. The molecule has 14 heavy (non-hydrogen) atoms. The zero-order chi connectivity index (χ0) is 10.6. The predicted octanol–water partition coefficient (Wildman–Crippen LogP) is 1.30. The number of hydrogen-bond acceptors (Lipinski definition) is 4. The molecule has 2 N–H and O–H groups in total. The van der Waals surface area contributed by atoms with Crippen LogP contribution in [-0.2, 0) is 11.8 Å². The summed E-state index contributed by atoms with van der Waals surface area (Å²) in [4.78, 5) is 10.6. The molecule has 0 saturated heterocycles. The Kier molecular flexibility index (Phi) is 3.76. The highest BCUT2D eigenvalue weighted by Gasteiger charge is 1.98. The minimum absolute atomic E-state index is 0.119. The Bertz CT molecular complexity index is 357. The van der Waals surface area contributed by atoms with E-state index in [2.05, 4.69) is 5.10 Å². The Morgan fingerprint density at radius 2 is 2.50 bits per heavy atom. The molecule has 76 valence electrons. The van der Waals surface area contributed by atoms with E-state index in [-0.39, 0.29) is 5.12 Å². The molecule has 0 aliphatic carbocycles. The lowest BCUT2D eigenvalue weighted by Crippen LogP contribution is -1.90. The SMILES string of the molecule is CC(=O)SCC=Cc1cn(C)nc1N. The van der Waals surface area contributed by atoms with Crippen molar-refractivity contribution in [2.45, 2.75) is 6.92 Å². The largest absolute Gasteiger partial charge is 0.382 e. The third kappa shape index (κ3) is 3.26. The van der Waals surface area contributed by atoms with E-state index < -0.39 is 0 Å². The van der Waals surface area contributed by atoms with Crippen molar-refractivity contribution in [3.8, 4) is 0 Å². The quantitative estimate of drug-likeness (QED) is 0.818. The van der Waals surface area contributed by atoms with E-state index >= 15 is 0 Å². The first-order valence-corrected chi connectivity index (χ1v) is 5.17. The summed E-state index contributed by atoms with van der Waals surface area (Å²) in [6, 6.07) is 0. The van der Waals surface area contributed by atoms with Gasteiger partial charge in [-0.1, -0.05) is 23.9 Å². The van der Waals surface area contributed by atoms with E-state index in [1.54, 1.807) is 11.6 Å². The topological polar surface area (TPSA) is 60.9 Å². The fourth-order valence-corrected chi connectivity index (χ4v) is 1.42. The molecule has 0 aromatic carbocycles. The van der Waals surface area contributed by atoms with Gasteiger partial charge in [-0.3, -0.25) is 9.48 Å². The summed E-state index contributed by atoms with van der Waals surface area (Å²) in [6.45, 7) is 1.55. The van der Waals surface area contributed by atoms with Crippen molar-refractivity contribution in [1.82, 2.24) is 9.78 Å². The Hall–Kier alpha value is -1.23. The number of aromatic nitrogens is 2. The molecule has 0 aliphatic heterocycles. The normalized spacial score (nSPS) is 11.0. The molecule has 0 saturated carbocycles. The second kappa shape index (κ2) is 4.85. The monoisotopic (exact) mass is 211 g/mol. The number of nitrogens with two attached hydrogens (primary N) is 1. The minimum Gasteiger partial charge on any atom is -0.382 e. The van der Waals surface area contributed by atoms with Crippen molar-refractivity contribution in [2.24, 2.45) is 7.05 Å². The second-order valence-electron chi connectivity index (χ2n) is 2.85. The average molecular weight is 211 g/mol. The van der Waals surface area contributed by atoms with Crippen molar-refractivity contribution in [3.05, 3.63) is 17.8 Å². The Morgan fingerprint density at radius 1 is 1.79 bits per heavy atom. The lowest BCUT2D eigenvalue weighted by atomic mass is 10.3. The van der Waals surface area contributed by atoms with Crippen LogP contribution in [0.2, 0.25) is 0 Å². The number of nitrogens with zero attached hydrogens (tertiary/aromatic N) is 2. The first kappa shape index (κ1) is 10.8.